The van der Waals surface area contributed by atoms with Crippen molar-refractivity contribution in [3.05, 3.63) is 82.4 Å². The summed E-state index contributed by atoms with van der Waals surface area (Å²) >= 11 is 1.93. The van der Waals surface area contributed by atoms with Crippen molar-refractivity contribution in [3.63, 3.8) is 0 Å². The Bertz CT molecular complexity index is 1560. The molecule has 2 aromatic heterocycles. The van der Waals surface area contributed by atoms with Gasteiger partial charge in [-0.1, -0.05) is 61.5 Å². The first kappa shape index (κ1) is 33.2. The fourth-order valence-electron chi connectivity index (χ4n) is 5.70. The van der Waals surface area contributed by atoms with Gasteiger partial charge in [-0.05, 0) is 70.7 Å². The molecule has 2 aromatic carbocycles. The molecule has 0 atom stereocenters. The van der Waals surface area contributed by atoms with Gasteiger partial charge in [0.05, 0.1) is 0 Å². The van der Waals surface area contributed by atoms with E-state index in [1.807, 2.05) is 57.4 Å². The number of hydrogen-bond donors (Lipinski definition) is 0. The molecule has 0 fully saturated rings. The van der Waals surface area contributed by atoms with E-state index >= 15 is 0 Å². The van der Waals surface area contributed by atoms with Gasteiger partial charge < -0.3 is 10.3 Å². The number of allylic oxidation sites excluding steroid dienone is 2. The maximum Gasteiger partial charge on any atom is 0.156 e. The Balaban J connectivity index is 0.000000305. The second-order valence-corrected chi connectivity index (χ2v) is 14.0. The minimum absolute atomic E-state index is 0. The van der Waals surface area contributed by atoms with Crippen LogP contribution in [0.15, 0.2) is 54.4 Å². The van der Waals surface area contributed by atoms with Gasteiger partial charge in [-0.25, -0.2) is 0 Å². The summed E-state index contributed by atoms with van der Waals surface area (Å²) in [5.41, 5.74) is 7.94. The zero-order chi connectivity index (χ0) is 29.4. The zero-order valence-electron chi connectivity index (χ0n) is 26.2. The van der Waals surface area contributed by atoms with Crippen LogP contribution in [0.2, 0.25) is 0 Å². The molecule has 1 aliphatic carbocycles. The van der Waals surface area contributed by atoms with E-state index < -0.39 is 0 Å². The Hall–Kier alpha value is -2.33. The van der Waals surface area contributed by atoms with E-state index in [0.29, 0.717) is 5.92 Å². The summed E-state index contributed by atoms with van der Waals surface area (Å²) in [5, 5.41) is 6.81. The van der Waals surface area contributed by atoms with Crippen LogP contribution < -0.4 is 0 Å². The van der Waals surface area contributed by atoms with Gasteiger partial charge in [0.1, 0.15) is 0 Å². The summed E-state index contributed by atoms with van der Waals surface area (Å²) in [6, 6.07) is 16.2. The third-order valence-corrected chi connectivity index (χ3v) is 9.54. The molecule has 0 amide bonds. The van der Waals surface area contributed by atoms with Crippen molar-refractivity contribution < 1.29 is 24.9 Å². The summed E-state index contributed by atoms with van der Waals surface area (Å²) in [6.45, 7) is 19.8. The van der Waals surface area contributed by atoms with Gasteiger partial charge >= 0.3 is 0 Å². The van der Waals surface area contributed by atoms with Crippen molar-refractivity contribution in [1.82, 2.24) is 4.98 Å². The molecule has 0 aliphatic heterocycles. The fourth-order valence-corrected chi connectivity index (χ4v) is 7.30. The van der Waals surface area contributed by atoms with Crippen LogP contribution in [-0.2, 0) is 35.7 Å². The molecule has 41 heavy (non-hydrogen) atoms. The number of thiophene rings is 1. The molecule has 0 saturated carbocycles. The van der Waals surface area contributed by atoms with E-state index in [1.165, 1.54) is 38.6 Å². The van der Waals surface area contributed by atoms with Crippen LogP contribution in [0.3, 0.4) is 0 Å². The molecule has 0 N–H and O–H groups in total. The van der Waals surface area contributed by atoms with Crippen molar-refractivity contribution in [2.24, 2.45) is 11.8 Å². The number of hydrogen-bond acceptors (Lipinski definition) is 3. The van der Waals surface area contributed by atoms with Gasteiger partial charge in [0.15, 0.2) is 5.78 Å². The van der Waals surface area contributed by atoms with Crippen LogP contribution >= 0.6 is 11.3 Å². The van der Waals surface area contributed by atoms with Gasteiger partial charge in [0.25, 0.3) is 0 Å². The molecule has 2 heterocycles. The molecule has 0 spiro atoms. The number of pyridine rings is 1. The molecule has 4 aromatic rings. The second kappa shape index (κ2) is 12.9. The first-order valence-electron chi connectivity index (χ1n) is 14.5. The summed E-state index contributed by atoms with van der Waals surface area (Å²) < 4.78 is 2.75. The Kier molecular flexibility index (Phi) is 10.4. The number of aryl methyl sites for hydroxylation is 1. The Morgan fingerprint density at radius 3 is 2.29 bits per heavy atom. The maximum absolute atomic E-state index is 11.3. The third kappa shape index (κ3) is 6.69. The smallest absolute Gasteiger partial charge is 0.156 e. The van der Waals surface area contributed by atoms with Crippen molar-refractivity contribution in [2.45, 2.75) is 86.0 Å². The number of carbonyl (C=O) groups excluding carboxylic acids is 1. The van der Waals surface area contributed by atoms with Crippen molar-refractivity contribution in [3.8, 4) is 11.3 Å². The Morgan fingerprint density at radius 1 is 1.02 bits per heavy atom. The molecule has 0 bridgehead atoms. The normalized spacial score (nSPS) is 15.8. The molecule has 1 aliphatic rings. The van der Waals surface area contributed by atoms with E-state index in [4.69, 9.17) is 4.98 Å². The van der Waals surface area contributed by atoms with Gasteiger partial charge in [-0.3, -0.25) is 4.79 Å². The molecule has 5 heteroatoms. The van der Waals surface area contributed by atoms with Gasteiger partial charge in [-0.2, -0.15) is 5.70 Å². The zero-order valence-corrected chi connectivity index (χ0v) is 29.4. The average molecular weight is 745 g/mol. The van der Waals surface area contributed by atoms with Crippen molar-refractivity contribution >= 4 is 37.3 Å². The molecular formula is C36H44IrN2OS-2. The first-order chi connectivity index (χ1) is 18.8. The molecule has 0 unspecified atom stereocenters. The minimum Gasteiger partial charge on any atom is -0.690 e. The molecule has 5 rings (SSSR count). The quantitative estimate of drug-likeness (QED) is 0.151. The van der Waals surface area contributed by atoms with Crippen LogP contribution in [0.4, 0.5) is 0 Å². The predicted octanol–water partition coefficient (Wildman–Crippen LogP) is 10.3. The van der Waals surface area contributed by atoms with E-state index in [-0.39, 0.29) is 42.6 Å². The molecule has 1 radical (unpaired) electrons. The van der Waals surface area contributed by atoms with E-state index in [0.717, 1.165) is 17.0 Å². The first-order valence-corrected chi connectivity index (χ1v) is 15.3. The monoisotopic (exact) mass is 745 g/mol. The molecule has 0 saturated heterocycles. The van der Waals surface area contributed by atoms with Crippen LogP contribution in [0.1, 0.15) is 84.9 Å². The topological polar surface area (TPSA) is 44.1 Å². The van der Waals surface area contributed by atoms with Gasteiger partial charge in [-0.15, -0.1) is 54.3 Å². The second-order valence-electron chi connectivity index (χ2n) is 13.0. The predicted molar refractivity (Wildman–Crippen MR) is 173 cm³/mol. The maximum atomic E-state index is 11.3. The number of aromatic nitrogens is 1. The number of carbonyl (C=O) groups is 1. The fraction of sp³-hybridized carbons (Fsp3) is 0.444. The number of ketones is 1. The van der Waals surface area contributed by atoms with Gasteiger partial charge in [0, 0.05) is 52.7 Å². The van der Waals surface area contributed by atoms with Crippen molar-refractivity contribution in [2.75, 3.05) is 7.05 Å². The van der Waals surface area contributed by atoms with E-state index in [9.17, 15) is 4.79 Å². The summed E-state index contributed by atoms with van der Waals surface area (Å²) in [4.78, 5) is 16.0. The van der Waals surface area contributed by atoms with Gasteiger partial charge in [0.2, 0.25) is 0 Å². The summed E-state index contributed by atoms with van der Waals surface area (Å²) in [5.74, 6) is 0.558. The van der Waals surface area contributed by atoms with Crippen LogP contribution in [-0.4, -0.2) is 17.8 Å². The molecule has 221 valence electrons. The largest absolute Gasteiger partial charge is 0.690 e. The standard InChI is InChI=1S/C26H26NS.C10H19NO.Ir/c1-16-15-19-21(26(4,5)13-12-25(19,2)3)24-20(16)18-11-14-27-22(23(18)28-24)17-9-7-6-8-10-17;1-7(2)9(11-5)6-10(12)8(3)4;/h6-9,11,14-15H,12-13H2,1-5H3;6-8H,1-5H3,(H,11,12);/q-1;;/p-1. The van der Waals surface area contributed by atoms with E-state index in [2.05, 4.69) is 70.3 Å². The van der Waals surface area contributed by atoms with Crippen LogP contribution in [0.25, 0.3) is 36.7 Å². The van der Waals surface area contributed by atoms with Crippen LogP contribution in [0.5, 0.6) is 0 Å². The van der Waals surface area contributed by atoms with Crippen molar-refractivity contribution in [1.29, 1.82) is 0 Å². The van der Waals surface area contributed by atoms with E-state index in [1.54, 1.807) is 24.3 Å². The number of nitrogens with zero attached hydrogens (tertiary/aromatic N) is 2. The SMILES string of the molecule is C[N-]/C(=C\C(=O)C(C)C)C(C)C.Cc1cc2c(c3sc4c(-c5[c-]cccc5)nccc4c13)C(C)(C)CCC2(C)C.[Ir]. The third-order valence-electron chi connectivity index (χ3n) is 8.31. The number of rotatable bonds is 5. The number of fused-ring (bicyclic) bond motifs is 5. The summed E-state index contributed by atoms with van der Waals surface area (Å²) in [7, 11) is 1.72. The Morgan fingerprint density at radius 2 is 1.71 bits per heavy atom. The Labute approximate surface area is 264 Å². The number of benzene rings is 2. The minimum atomic E-state index is 0. The average Bonchev–Trinajstić information content (AvgIpc) is 3.30. The molecule has 3 nitrogen and oxygen atoms in total. The molecular weight excluding hydrogens is 701 g/mol. The van der Waals surface area contributed by atoms with Crippen LogP contribution in [0, 0.1) is 24.8 Å². The summed E-state index contributed by atoms with van der Waals surface area (Å²) in [6.07, 6.45) is 6.08.